The first-order valence-corrected chi connectivity index (χ1v) is 8.66. The highest BCUT2D eigenvalue weighted by molar-refractivity contribution is 6.34. The van der Waals surface area contributed by atoms with E-state index in [4.69, 9.17) is 23.2 Å². The summed E-state index contributed by atoms with van der Waals surface area (Å²) < 4.78 is 0. The molecule has 1 aromatic carbocycles. The molecule has 0 spiro atoms. The number of carbonyl (C=O) groups is 2. The largest absolute Gasteiger partial charge is 0.355 e. The van der Waals surface area contributed by atoms with E-state index in [1.54, 1.807) is 29.2 Å². The lowest BCUT2D eigenvalue weighted by Gasteiger charge is -2.33. The van der Waals surface area contributed by atoms with Gasteiger partial charge in [0.25, 0.3) is 0 Å². The number of likely N-dealkylation sites (N-methyl/N-ethyl adjacent to an activating group) is 1. The zero-order valence-corrected chi connectivity index (χ0v) is 15.1. The maximum atomic E-state index is 12.3. The lowest BCUT2D eigenvalue weighted by Crippen LogP contribution is -2.50. The average molecular weight is 370 g/mol. The second kappa shape index (κ2) is 9.06. The number of nitrogens with zero attached hydrogens (tertiary/aromatic N) is 2. The maximum Gasteiger partial charge on any atom is 0.246 e. The SMILES string of the molecule is CCNC(=O)CN1CCN(C(=O)/C=C/c2cc(Cl)ccc2Cl)CC1. The molecule has 1 fully saturated rings. The van der Waals surface area contributed by atoms with Crippen LogP contribution in [0.3, 0.4) is 0 Å². The van der Waals surface area contributed by atoms with E-state index in [0.717, 1.165) is 0 Å². The molecule has 1 aliphatic rings. The Kier molecular flexibility index (Phi) is 7.09. The molecule has 24 heavy (non-hydrogen) atoms. The number of piperazine rings is 1. The second-order valence-electron chi connectivity index (χ2n) is 5.55. The van der Waals surface area contributed by atoms with Crippen LogP contribution in [0.2, 0.25) is 10.0 Å². The highest BCUT2D eigenvalue weighted by atomic mass is 35.5. The van der Waals surface area contributed by atoms with Crippen LogP contribution >= 0.6 is 23.2 Å². The molecule has 0 unspecified atom stereocenters. The molecule has 130 valence electrons. The number of hydrogen-bond acceptors (Lipinski definition) is 3. The zero-order chi connectivity index (χ0) is 17.5. The van der Waals surface area contributed by atoms with Crippen molar-refractivity contribution in [2.24, 2.45) is 0 Å². The third-order valence-electron chi connectivity index (χ3n) is 3.79. The molecule has 0 aromatic heterocycles. The molecule has 0 bridgehead atoms. The zero-order valence-electron chi connectivity index (χ0n) is 13.6. The summed E-state index contributed by atoms with van der Waals surface area (Å²) >= 11 is 12.0. The highest BCUT2D eigenvalue weighted by Gasteiger charge is 2.20. The van der Waals surface area contributed by atoms with Crippen LogP contribution in [0.25, 0.3) is 6.08 Å². The van der Waals surface area contributed by atoms with E-state index in [9.17, 15) is 9.59 Å². The Balaban J connectivity index is 1.85. The fraction of sp³-hybridized carbons (Fsp3) is 0.412. The van der Waals surface area contributed by atoms with Gasteiger partial charge in [-0.15, -0.1) is 0 Å². The summed E-state index contributed by atoms with van der Waals surface area (Å²) in [6.45, 7) is 5.49. The average Bonchev–Trinajstić information content (AvgIpc) is 2.56. The van der Waals surface area contributed by atoms with Crippen LogP contribution in [0.15, 0.2) is 24.3 Å². The summed E-state index contributed by atoms with van der Waals surface area (Å²) in [5.41, 5.74) is 0.715. The van der Waals surface area contributed by atoms with Gasteiger partial charge in [0.15, 0.2) is 0 Å². The van der Waals surface area contributed by atoms with Crippen molar-refractivity contribution in [2.45, 2.75) is 6.92 Å². The molecule has 7 heteroatoms. The van der Waals surface area contributed by atoms with Crippen molar-refractivity contribution < 1.29 is 9.59 Å². The molecule has 1 N–H and O–H groups in total. The van der Waals surface area contributed by atoms with Crippen molar-refractivity contribution in [3.8, 4) is 0 Å². The van der Waals surface area contributed by atoms with Crippen LogP contribution in [-0.4, -0.2) is 60.9 Å². The summed E-state index contributed by atoms with van der Waals surface area (Å²) in [5, 5.41) is 3.91. The summed E-state index contributed by atoms with van der Waals surface area (Å²) in [4.78, 5) is 27.7. The number of halogens is 2. The van der Waals surface area contributed by atoms with Gasteiger partial charge in [0.1, 0.15) is 0 Å². The van der Waals surface area contributed by atoms with Crippen molar-refractivity contribution in [1.82, 2.24) is 15.1 Å². The van der Waals surface area contributed by atoms with E-state index < -0.39 is 0 Å². The predicted octanol–water partition coefficient (Wildman–Crippen LogP) is 2.29. The fourth-order valence-corrected chi connectivity index (χ4v) is 2.85. The van der Waals surface area contributed by atoms with Crippen molar-refractivity contribution >= 4 is 41.1 Å². The lowest BCUT2D eigenvalue weighted by molar-refractivity contribution is -0.128. The van der Waals surface area contributed by atoms with Gasteiger partial charge in [-0.1, -0.05) is 23.2 Å². The van der Waals surface area contributed by atoms with Gasteiger partial charge in [0.2, 0.25) is 11.8 Å². The van der Waals surface area contributed by atoms with Crippen LogP contribution in [0.1, 0.15) is 12.5 Å². The van der Waals surface area contributed by atoms with Crippen LogP contribution in [-0.2, 0) is 9.59 Å². The lowest BCUT2D eigenvalue weighted by atomic mass is 10.2. The Bertz CT molecular complexity index is 626. The van der Waals surface area contributed by atoms with Gasteiger partial charge in [-0.05, 0) is 36.8 Å². The van der Waals surface area contributed by atoms with Gasteiger partial charge in [-0.2, -0.15) is 0 Å². The van der Waals surface area contributed by atoms with Gasteiger partial charge in [0, 0.05) is 48.8 Å². The first kappa shape index (κ1) is 18.8. The van der Waals surface area contributed by atoms with Crippen molar-refractivity contribution in [1.29, 1.82) is 0 Å². The fourth-order valence-electron chi connectivity index (χ4n) is 2.49. The standard InChI is InChI=1S/C17H21Cl2N3O2/c1-2-20-16(23)12-21-7-9-22(10-8-21)17(24)6-3-13-11-14(18)4-5-15(13)19/h3-6,11H,2,7-10,12H2,1H3,(H,20,23)/b6-3+. The summed E-state index contributed by atoms with van der Waals surface area (Å²) in [5.74, 6) is -0.0449. The summed E-state index contributed by atoms with van der Waals surface area (Å²) in [6.07, 6.45) is 3.19. The van der Waals surface area contributed by atoms with E-state index in [1.165, 1.54) is 6.08 Å². The monoisotopic (exact) mass is 369 g/mol. The van der Waals surface area contributed by atoms with Crippen molar-refractivity contribution in [2.75, 3.05) is 39.3 Å². The molecule has 0 saturated carbocycles. The molecular formula is C17H21Cl2N3O2. The smallest absolute Gasteiger partial charge is 0.246 e. The summed E-state index contributed by atoms with van der Waals surface area (Å²) in [7, 11) is 0. The molecule has 0 atom stereocenters. The van der Waals surface area contributed by atoms with E-state index in [1.807, 2.05) is 11.8 Å². The molecule has 1 heterocycles. The number of amides is 2. The maximum absolute atomic E-state index is 12.3. The Hall–Kier alpha value is -1.56. The predicted molar refractivity (Wildman–Crippen MR) is 97.2 cm³/mol. The molecule has 0 aliphatic carbocycles. The van der Waals surface area contributed by atoms with Gasteiger partial charge < -0.3 is 10.2 Å². The van der Waals surface area contributed by atoms with Gasteiger partial charge >= 0.3 is 0 Å². The van der Waals surface area contributed by atoms with Crippen LogP contribution in [0.5, 0.6) is 0 Å². The van der Waals surface area contributed by atoms with Crippen LogP contribution in [0.4, 0.5) is 0 Å². The third-order valence-corrected chi connectivity index (χ3v) is 4.37. The van der Waals surface area contributed by atoms with E-state index in [-0.39, 0.29) is 11.8 Å². The Morgan fingerprint density at radius 1 is 1.21 bits per heavy atom. The quantitative estimate of drug-likeness (QED) is 0.810. The second-order valence-corrected chi connectivity index (χ2v) is 6.40. The minimum absolute atomic E-state index is 0.0211. The first-order valence-electron chi connectivity index (χ1n) is 7.90. The molecule has 1 aliphatic heterocycles. The minimum atomic E-state index is -0.0660. The number of nitrogens with one attached hydrogen (secondary N) is 1. The Labute approximate surface area is 152 Å². The highest BCUT2D eigenvalue weighted by Crippen LogP contribution is 2.21. The molecule has 2 rings (SSSR count). The van der Waals surface area contributed by atoms with Gasteiger partial charge in [0.05, 0.1) is 6.54 Å². The van der Waals surface area contributed by atoms with Gasteiger partial charge in [-0.25, -0.2) is 0 Å². The summed E-state index contributed by atoms with van der Waals surface area (Å²) in [6, 6.07) is 5.13. The molecule has 1 saturated heterocycles. The van der Waals surface area contributed by atoms with Crippen LogP contribution < -0.4 is 5.32 Å². The van der Waals surface area contributed by atoms with E-state index in [2.05, 4.69) is 5.32 Å². The van der Waals surface area contributed by atoms with E-state index >= 15 is 0 Å². The normalized spacial score (nSPS) is 15.7. The molecule has 1 aromatic rings. The molecule has 5 nitrogen and oxygen atoms in total. The molecule has 2 amide bonds. The molecular weight excluding hydrogens is 349 g/mol. The van der Waals surface area contributed by atoms with Crippen molar-refractivity contribution in [3.05, 3.63) is 39.9 Å². The number of rotatable bonds is 5. The van der Waals surface area contributed by atoms with Gasteiger partial charge in [-0.3, -0.25) is 14.5 Å². The molecule has 0 radical (unpaired) electrons. The number of carbonyl (C=O) groups excluding carboxylic acids is 2. The van der Waals surface area contributed by atoms with Crippen molar-refractivity contribution in [3.63, 3.8) is 0 Å². The number of benzene rings is 1. The van der Waals surface area contributed by atoms with Crippen LogP contribution in [0, 0.1) is 0 Å². The first-order chi connectivity index (χ1) is 11.5. The topological polar surface area (TPSA) is 52.7 Å². The van der Waals surface area contributed by atoms with E-state index in [0.29, 0.717) is 54.9 Å². The minimum Gasteiger partial charge on any atom is -0.355 e. The number of hydrogen-bond donors (Lipinski definition) is 1. The Morgan fingerprint density at radius 3 is 2.58 bits per heavy atom. The third kappa shape index (κ3) is 5.51. The Morgan fingerprint density at radius 2 is 1.92 bits per heavy atom.